The first-order valence-corrected chi connectivity index (χ1v) is 11.0. The third-order valence-corrected chi connectivity index (χ3v) is 7.06. The maximum absolute atomic E-state index is 12.5. The third-order valence-electron chi connectivity index (χ3n) is 7.06. The van der Waals surface area contributed by atoms with E-state index in [0.717, 1.165) is 68.2 Å². The zero-order valence-electron chi connectivity index (χ0n) is 18.0. The summed E-state index contributed by atoms with van der Waals surface area (Å²) in [4.78, 5) is 37.9. The van der Waals surface area contributed by atoms with Crippen molar-refractivity contribution in [2.75, 3.05) is 43.4 Å². The van der Waals surface area contributed by atoms with E-state index in [0.29, 0.717) is 11.6 Å². The Kier molecular flexibility index (Phi) is 4.89. The van der Waals surface area contributed by atoms with E-state index >= 15 is 0 Å². The summed E-state index contributed by atoms with van der Waals surface area (Å²) >= 11 is 0. The van der Waals surface area contributed by atoms with Crippen LogP contribution in [0.4, 0.5) is 11.4 Å². The highest BCUT2D eigenvalue weighted by Gasteiger charge is 2.62. The minimum Gasteiger partial charge on any atom is -0.368 e. The lowest BCUT2D eigenvalue weighted by atomic mass is 9.93. The predicted molar refractivity (Wildman–Crippen MR) is 118 cm³/mol. The third kappa shape index (κ3) is 3.44. The van der Waals surface area contributed by atoms with Gasteiger partial charge in [0.05, 0.1) is 28.7 Å². The smallest absolute Gasteiger partial charge is 0.269 e. The number of hydrogen-bond donors (Lipinski definition) is 2. The van der Waals surface area contributed by atoms with Crippen molar-refractivity contribution in [3.63, 3.8) is 0 Å². The molecule has 1 aliphatic carbocycles. The average molecular weight is 421 g/mol. The van der Waals surface area contributed by atoms with Crippen molar-refractivity contribution in [3.8, 4) is 0 Å². The number of rotatable bonds is 5. The van der Waals surface area contributed by atoms with Gasteiger partial charge in [0.15, 0.2) is 0 Å². The molecule has 2 aromatic heterocycles. The molecule has 0 aromatic carbocycles. The van der Waals surface area contributed by atoms with Crippen molar-refractivity contribution in [2.45, 2.75) is 32.2 Å². The van der Waals surface area contributed by atoms with E-state index in [4.69, 9.17) is 4.98 Å². The summed E-state index contributed by atoms with van der Waals surface area (Å²) in [7, 11) is 1.60. The van der Waals surface area contributed by atoms with E-state index in [9.17, 15) is 9.59 Å². The Labute approximate surface area is 182 Å². The maximum atomic E-state index is 12.5. The maximum Gasteiger partial charge on any atom is 0.269 e. The zero-order valence-corrected chi connectivity index (χ0v) is 18.0. The Hall–Kier alpha value is -3.00. The molecule has 1 saturated heterocycles. The SMILES string of the molecule is CC[C@@]12C[C@@H]1c1ncc(CN3CCN(c4ccc(C(=O)NC)nc4)CC3)cc1NC2=O. The first-order chi connectivity index (χ1) is 15.0. The van der Waals surface area contributed by atoms with Crippen molar-refractivity contribution >= 4 is 23.2 Å². The van der Waals surface area contributed by atoms with E-state index < -0.39 is 0 Å². The molecule has 0 bridgehead atoms. The molecule has 2 aliphatic heterocycles. The minimum atomic E-state index is -0.203. The molecular weight excluding hydrogens is 392 g/mol. The van der Waals surface area contributed by atoms with Crippen molar-refractivity contribution in [3.05, 3.63) is 47.5 Å². The normalized spacial score (nSPS) is 24.8. The standard InChI is InChI=1S/C23H28N6O2/c1-3-23-11-17(23)20-19(27-22(23)31)10-15(12-26-20)14-28-6-8-29(9-7-28)16-4-5-18(25-13-16)21(30)24-2/h4-5,10,12-13,17H,3,6-9,11,14H2,1-2H3,(H,24,30)(H,27,31)/t17-,23-/m1/s1. The topological polar surface area (TPSA) is 90.5 Å². The number of aromatic nitrogens is 2. The lowest BCUT2D eigenvalue weighted by Gasteiger charge is -2.36. The fraction of sp³-hybridized carbons (Fsp3) is 0.478. The Balaban J connectivity index is 1.19. The Morgan fingerprint density at radius 2 is 2.03 bits per heavy atom. The van der Waals surface area contributed by atoms with Crippen LogP contribution in [-0.2, 0) is 11.3 Å². The van der Waals surface area contributed by atoms with E-state index in [2.05, 4.69) is 38.4 Å². The van der Waals surface area contributed by atoms with Crippen molar-refractivity contribution < 1.29 is 9.59 Å². The van der Waals surface area contributed by atoms with Gasteiger partial charge in [0.25, 0.3) is 5.91 Å². The Morgan fingerprint density at radius 3 is 2.71 bits per heavy atom. The van der Waals surface area contributed by atoms with E-state index in [1.807, 2.05) is 12.3 Å². The van der Waals surface area contributed by atoms with Crippen LogP contribution in [0.2, 0.25) is 0 Å². The second-order valence-corrected chi connectivity index (χ2v) is 8.74. The van der Waals surface area contributed by atoms with Gasteiger partial charge in [-0.05, 0) is 36.6 Å². The number of pyridine rings is 2. The molecular formula is C23H28N6O2. The number of carbonyl (C=O) groups excluding carboxylic acids is 2. The van der Waals surface area contributed by atoms with Crippen LogP contribution in [0.1, 0.15) is 47.4 Å². The molecule has 2 atom stereocenters. The summed E-state index contributed by atoms with van der Waals surface area (Å²) in [5.41, 5.74) is 4.35. The first kappa shape index (κ1) is 19.9. The van der Waals surface area contributed by atoms with E-state index in [1.54, 1.807) is 19.3 Å². The lowest BCUT2D eigenvalue weighted by Crippen LogP contribution is -2.46. The second-order valence-electron chi connectivity index (χ2n) is 8.74. The minimum absolute atomic E-state index is 0.163. The number of nitrogens with zero attached hydrogens (tertiary/aromatic N) is 4. The fourth-order valence-electron chi connectivity index (χ4n) is 4.95. The summed E-state index contributed by atoms with van der Waals surface area (Å²) in [6, 6.07) is 5.82. The molecule has 2 fully saturated rings. The Bertz CT molecular complexity index is 1020. The molecule has 2 amide bonds. The molecule has 3 aliphatic rings. The monoisotopic (exact) mass is 420 g/mol. The van der Waals surface area contributed by atoms with Gasteiger partial charge < -0.3 is 15.5 Å². The molecule has 2 N–H and O–H groups in total. The van der Waals surface area contributed by atoms with Gasteiger partial charge in [-0.3, -0.25) is 19.5 Å². The molecule has 5 rings (SSSR count). The summed E-state index contributed by atoms with van der Waals surface area (Å²) in [6.45, 7) is 6.57. The summed E-state index contributed by atoms with van der Waals surface area (Å²) in [5.74, 6) is 0.284. The van der Waals surface area contributed by atoms with Crippen LogP contribution in [0, 0.1) is 5.41 Å². The summed E-state index contributed by atoms with van der Waals surface area (Å²) in [6.07, 6.45) is 5.55. The number of anilines is 2. The van der Waals surface area contributed by atoms with Crippen LogP contribution >= 0.6 is 0 Å². The molecule has 162 valence electrons. The second kappa shape index (κ2) is 7.60. The van der Waals surface area contributed by atoms with Gasteiger partial charge in [-0.15, -0.1) is 0 Å². The van der Waals surface area contributed by atoms with Crippen molar-refractivity contribution in [1.29, 1.82) is 0 Å². The highest BCUT2D eigenvalue weighted by molar-refractivity contribution is 6.02. The predicted octanol–water partition coefficient (Wildman–Crippen LogP) is 1.99. The van der Waals surface area contributed by atoms with Crippen LogP contribution < -0.4 is 15.5 Å². The van der Waals surface area contributed by atoms with Crippen molar-refractivity contribution in [1.82, 2.24) is 20.2 Å². The van der Waals surface area contributed by atoms with Gasteiger partial charge in [0.1, 0.15) is 5.69 Å². The quantitative estimate of drug-likeness (QED) is 0.769. The average Bonchev–Trinajstić information content (AvgIpc) is 3.56. The summed E-state index contributed by atoms with van der Waals surface area (Å²) in [5, 5.41) is 5.69. The molecule has 8 heteroatoms. The number of nitrogens with one attached hydrogen (secondary N) is 2. The van der Waals surface area contributed by atoms with Crippen LogP contribution in [0.25, 0.3) is 0 Å². The number of piperazine rings is 1. The first-order valence-electron chi connectivity index (χ1n) is 11.0. The van der Waals surface area contributed by atoms with E-state index in [1.165, 1.54) is 0 Å². The molecule has 0 unspecified atom stereocenters. The number of fused-ring (bicyclic) bond motifs is 3. The van der Waals surface area contributed by atoms with Gasteiger partial charge in [-0.2, -0.15) is 0 Å². The molecule has 0 spiro atoms. The van der Waals surface area contributed by atoms with E-state index in [-0.39, 0.29) is 17.2 Å². The molecule has 2 aromatic rings. The van der Waals surface area contributed by atoms with Crippen LogP contribution in [0.5, 0.6) is 0 Å². The highest BCUT2D eigenvalue weighted by Crippen LogP contribution is 2.64. The van der Waals surface area contributed by atoms with Gasteiger partial charge in [0.2, 0.25) is 5.91 Å². The fourth-order valence-corrected chi connectivity index (χ4v) is 4.95. The van der Waals surface area contributed by atoms with Crippen LogP contribution in [0.3, 0.4) is 0 Å². The summed E-state index contributed by atoms with van der Waals surface area (Å²) < 4.78 is 0. The molecule has 1 saturated carbocycles. The zero-order chi connectivity index (χ0) is 21.6. The molecule has 0 radical (unpaired) electrons. The van der Waals surface area contributed by atoms with Crippen molar-refractivity contribution in [2.24, 2.45) is 5.41 Å². The van der Waals surface area contributed by atoms with Crippen LogP contribution in [-0.4, -0.2) is 59.9 Å². The molecule has 31 heavy (non-hydrogen) atoms. The number of hydrogen-bond acceptors (Lipinski definition) is 6. The largest absolute Gasteiger partial charge is 0.368 e. The van der Waals surface area contributed by atoms with Gasteiger partial charge >= 0.3 is 0 Å². The lowest BCUT2D eigenvalue weighted by molar-refractivity contribution is -0.121. The Morgan fingerprint density at radius 1 is 1.23 bits per heavy atom. The number of carbonyl (C=O) groups is 2. The molecule has 4 heterocycles. The molecule has 8 nitrogen and oxygen atoms in total. The van der Waals surface area contributed by atoms with Gasteiger partial charge in [0, 0.05) is 51.9 Å². The van der Waals surface area contributed by atoms with Gasteiger partial charge in [-0.25, -0.2) is 4.98 Å². The van der Waals surface area contributed by atoms with Crippen LogP contribution in [0.15, 0.2) is 30.6 Å². The highest BCUT2D eigenvalue weighted by atomic mass is 16.2. The number of amides is 2. The van der Waals surface area contributed by atoms with Gasteiger partial charge in [-0.1, -0.05) is 6.92 Å².